The van der Waals surface area contributed by atoms with E-state index < -0.39 is 29.6 Å². The molecule has 1 amide bonds. The maximum atomic E-state index is 12.3. The van der Waals surface area contributed by atoms with Crippen LogP contribution < -0.4 is 0 Å². The van der Waals surface area contributed by atoms with Gasteiger partial charge in [-0.2, -0.15) is 13.2 Å². The van der Waals surface area contributed by atoms with E-state index in [4.69, 9.17) is 4.74 Å². The number of alkyl halides is 3. The van der Waals surface area contributed by atoms with Crippen molar-refractivity contribution >= 4 is 11.9 Å². The summed E-state index contributed by atoms with van der Waals surface area (Å²) in [6.45, 7) is 5.11. The monoisotopic (exact) mass is 281 g/mol. The van der Waals surface area contributed by atoms with Crippen molar-refractivity contribution in [2.24, 2.45) is 5.92 Å². The molecule has 1 rings (SSSR count). The Balaban J connectivity index is 2.65. The molecule has 4 nitrogen and oxygen atoms in total. The van der Waals surface area contributed by atoms with E-state index in [1.54, 1.807) is 20.8 Å². The molecule has 19 heavy (non-hydrogen) atoms. The number of halogens is 3. The molecule has 1 saturated heterocycles. The highest BCUT2D eigenvalue weighted by Gasteiger charge is 2.45. The zero-order valence-electron chi connectivity index (χ0n) is 11.2. The third-order valence-electron chi connectivity index (χ3n) is 2.72. The van der Waals surface area contributed by atoms with Crippen LogP contribution >= 0.6 is 0 Å². The smallest absolute Gasteiger partial charge is 0.444 e. The van der Waals surface area contributed by atoms with Gasteiger partial charge in [-0.3, -0.25) is 4.79 Å². The minimum Gasteiger partial charge on any atom is -0.444 e. The molecule has 1 aliphatic rings. The normalized spacial score (nSPS) is 21.2. The topological polar surface area (TPSA) is 46.6 Å². The fourth-order valence-corrected chi connectivity index (χ4v) is 1.91. The van der Waals surface area contributed by atoms with E-state index in [-0.39, 0.29) is 13.0 Å². The maximum Gasteiger partial charge on any atom is 0.450 e. The Bertz CT molecular complexity index is 360. The third-order valence-corrected chi connectivity index (χ3v) is 2.72. The first-order chi connectivity index (χ1) is 8.50. The molecule has 1 aliphatic heterocycles. The molecule has 0 aliphatic carbocycles. The van der Waals surface area contributed by atoms with Crippen molar-refractivity contribution in [1.82, 2.24) is 4.90 Å². The van der Waals surface area contributed by atoms with Crippen molar-refractivity contribution < 1.29 is 27.5 Å². The molecular formula is C12H18F3NO3. The van der Waals surface area contributed by atoms with Crippen LogP contribution in [0.2, 0.25) is 0 Å². The van der Waals surface area contributed by atoms with Crippen LogP contribution in [0, 0.1) is 5.92 Å². The molecule has 7 heteroatoms. The number of carbonyl (C=O) groups is 2. The number of carbonyl (C=O) groups excluding carboxylic acids is 2. The molecule has 0 spiro atoms. The molecule has 0 bridgehead atoms. The van der Waals surface area contributed by atoms with Gasteiger partial charge in [0.05, 0.1) is 0 Å². The van der Waals surface area contributed by atoms with Crippen LogP contribution in [-0.2, 0) is 9.53 Å². The molecular weight excluding hydrogens is 263 g/mol. The van der Waals surface area contributed by atoms with E-state index in [9.17, 15) is 22.8 Å². The maximum absolute atomic E-state index is 12.3. The highest BCUT2D eigenvalue weighted by atomic mass is 19.4. The summed E-state index contributed by atoms with van der Waals surface area (Å²) < 4.78 is 42.1. The summed E-state index contributed by atoms with van der Waals surface area (Å²) in [5.41, 5.74) is -0.710. The van der Waals surface area contributed by atoms with Crippen molar-refractivity contribution in [2.75, 3.05) is 13.1 Å². The van der Waals surface area contributed by atoms with Gasteiger partial charge in [-0.05, 0) is 33.6 Å². The van der Waals surface area contributed by atoms with Gasteiger partial charge >= 0.3 is 12.3 Å². The molecule has 0 N–H and O–H groups in total. The van der Waals surface area contributed by atoms with Crippen molar-refractivity contribution in [3.05, 3.63) is 0 Å². The number of nitrogens with zero attached hydrogens (tertiary/aromatic N) is 1. The van der Waals surface area contributed by atoms with Crippen molar-refractivity contribution in [3.8, 4) is 0 Å². The molecule has 0 aromatic carbocycles. The quantitative estimate of drug-likeness (QED) is 0.742. The van der Waals surface area contributed by atoms with Gasteiger partial charge in [0.2, 0.25) is 5.78 Å². The van der Waals surface area contributed by atoms with E-state index in [0.29, 0.717) is 13.0 Å². The summed E-state index contributed by atoms with van der Waals surface area (Å²) in [6.07, 6.45) is -5.00. The Morgan fingerprint density at radius 3 is 2.26 bits per heavy atom. The van der Waals surface area contributed by atoms with E-state index in [1.807, 2.05) is 0 Å². The predicted molar refractivity (Wildman–Crippen MR) is 61.6 cm³/mol. The molecule has 0 radical (unpaired) electrons. The van der Waals surface area contributed by atoms with Gasteiger partial charge in [0.25, 0.3) is 0 Å². The molecule has 110 valence electrons. The van der Waals surface area contributed by atoms with E-state index >= 15 is 0 Å². The van der Waals surface area contributed by atoms with E-state index in [2.05, 4.69) is 0 Å². The number of ether oxygens (including phenoxy) is 1. The van der Waals surface area contributed by atoms with E-state index in [0.717, 1.165) is 0 Å². The van der Waals surface area contributed by atoms with Crippen molar-refractivity contribution in [1.29, 1.82) is 0 Å². The summed E-state index contributed by atoms with van der Waals surface area (Å²) >= 11 is 0. The molecule has 0 aromatic heterocycles. The molecule has 0 aromatic rings. The lowest BCUT2D eigenvalue weighted by atomic mass is 9.93. The second kappa shape index (κ2) is 5.38. The van der Waals surface area contributed by atoms with Crippen LogP contribution in [-0.4, -0.2) is 41.6 Å². The van der Waals surface area contributed by atoms with Gasteiger partial charge in [-0.25, -0.2) is 4.79 Å². The largest absolute Gasteiger partial charge is 0.450 e. The summed E-state index contributed by atoms with van der Waals surface area (Å²) in [5, 5.41) is 0. The third kappa shape index (κ3) is 4.72. The number of rotatable bonds is 1. The van der Waals surface area contributed by atoms with Crippen LogP contribution in [0.4, 0.5) is 18.0 Å². The Hall–Kier alpha value is -1.27. The second-order valence-electron chi connectivity index (χ2n) is 5.63. The first-order valence-electron chi connectivity index (χ1n) is 6.09. The number of ketones is 1. The Morgan fingerprint density at radius 2 is 1.79 bits per heavy atom. The van der Waals surface area contributed by atoms with Gasteiger partial charge in [0, 0.05) is 19.0 Å². The highest BCUT2D eigenvalue weighted by molar-refractivity contribution is 5.87. The first kappa shape index (κ1) is 15.8. The summed E-state index contributed by atoms with van der Waals surface area (Å²) in [7, 11) is 0. The first-order valence-corrected chi connectivity index (χ1v) is 6.09. The molecule has 1 fully saturated rings. The van der Waals surface area contributed by atoms with Crippen LogP contribution in [0.25, 0.3) is 0 Å². The molecule has 1 heterocycles. The van der Waals surface area contributed by atoms with Gasteiger partial charge in [-0.15, -0.1) is 0 Å². The predicted octanol–water partition coefficient (Wildman–Crippen LogP) is 2.76. The average Bonchev–Trinajstić information content (AvgIpc) is 2.24. The highest BCUT2D eigenvalue weighted by Crippen LogP contribution is 2.27. The van der Waals surface area contributed by atoms with Gasteiger partial charge < -0.3 is 9.64 Å². The van der Waals surface area contributed by atoms with Crippen LogP contribution in [0.5, 0.6) is 0 Å². The Labute approximate surface area is 109 Å². The van der Waals surface area contributed by atoms with Crippen LogP contribution in [0.1, 0.15) is 33.6 Å². The van der Waals surface area contributed by atoms with Crippen molar-refractivity contribution in [2.45, 2.75) is 45.4 Å². The van der Waals surface area contributed by atoms with Crippen molar-refractivity contribution in [3.63, 3.8) is 0 Å². The van der Waals surface area contributed by atoms with Crippen LogP contribution in [0.15, 0.2) is 0 Å². The SMILES string of the molecule is CC(C)(C)OC(=O)N1CCC[C@H](C(=O)C(F)(F)F)C1. The number of piperidine rings is 1. The lowest BCUT2D eigenvalue weighted by Crippen LogP contribution is -2.47. The van der Waals surface area contributed by atoms with Crippen LogP contribution in [0.3, 0.4) is 0 Å². The van der Waals surface area contributed by atoms with Gasteiger partial charge in [-0.1, -0.05) is 0 Å². The molecule has 0 saturated carbocycles. The minimum absolute atomic E-state index is 0.150. The summed E-state index contributed by atoms with van der Waals surface area (Å²) in [4.78, 5) is 24.1. The summed E-state index contributed by atoms with van der Waals surface area (Å²) in [5.74, 6) is -2.94. The van der Waals surface area contributed by atoms with E-state index in [1.165, 1.54) is 4.90 Å². The standard InChI is InChI=1S/C12H18F3NO3/c1-11(2,3)19-10(18)16-6-4-5-8(7-16)9(17)12(13,14)15/h8H,4-7H2,1-3H3/t8-/m0/s1. The van der Waals surface area contributed by atoms with Gasteiger partial charge in [0.1, 0.15) is 5.60 Å². The zero-order valence-corrected chi connectivity index (χ0v) is 11.2. The average molecular weight is 281 g/mol. The zero-order chi connectivity index (χ0) is 14.8. The molecule has 0 unspecified atom stereocenters. The fraction of sp³-hybridized carbons (Fsp3) is 0.833. The minimum atomic E-state index is -4.85. The fourth-order valence-electron chi connectivity index (χ4n) is 1.91. The number of Topliss-reactive ketones (excluding diaryl/α,β-unsaturated/α-hetero) is 1. The number of amides is 1. The lowest BCUT2D eigenvalue weighted by molar-refractivity contribution is -0.177. The Kier molecular flexibility index (Phi) is 4.47. The number of hydrogen-bond donors (Lipinski definition) is 0. The Morgan fingerprint density at radius 1 is 1.21 bits per heavy atom. The summed E-state index contributed by atoms with van der Waals surface area (Å²) in [6, 6.07) is 0. The number of likely N-dealkylation sites (tertiary alicyclic amines) is 1. The van der Waals surface area contributed by atoms with Gasteiger partial charge in [0.15, 0.2) is 0 Å². The molecule has 1 atom stereocenters. The second-order valence-corrected chi connectivity index (χ2v) is 5.63. The number of hydrogen-bond acceptors (Lipinski definition) is 3. The lowest BCUT2D eigenvalue weighted by Gasteiger charge is -2.33.